The Balaban J connectivity index is 2.49. The van der Waals surface area contributed by atoms with Crippen LogP contribution in [-0.4, -0.2) is 9.55 Å². The van der Waals surface area contributed by atoms with Crippen molar-refractivity contribution in [2.75, 3.05) is 5.73 Å². The van der Waals surface area contributed by atoms with Crippen molar-refractivity contribution in [3.63, 3.8) is 0 Å². The van der Waals surface area contributed by atoms with E-state index in [4.69, 9.17) is 10.7 Å². The molecule has 19 heavy (non-hydrogen) atoms. The zero-order chi connectivity index (χ0) is 14.0. The van der Waals surface area contributed by atoms with E-state index < -0.39 is 0 Å². The lowest BCUT2D eigenvalue weighted by molar-refractivity contribution is 0.490. The number of aryl methyl sites for hydroxylation is 1. The highest BCUT2D eigenvalue weighted by molar-refractivity contribution is 5.79. The molecule has 3 nitrogen and oxygen atoms in total. The fourth-order valence-electron chi connectivity index (χ4n) is 2.47. The van der Waals surface area contributed by atoms with Gasteiger partial charge in [0.25, 0.3) is 0 Å². The number of unbranched alkanes of at least 4 members (excludes halogenated alkanes) is 2. The molecular weight excluding hydrogens is 234 g/mol. The molecule has 0 aliphatic carbocycles. The highest BCUT2D eigenvalue weighted by atomic mass is 15.1. The number of rotatable bonds is 4. The first-order valence-electron chi connectivity index (χ1n) is 7.19. The van der Waals surface area contributed by atoms with Crippen LogP contribution in [0.1, 0.15) is 52.8 Å². The van der Waals surface area contributed by atoms with Gasteiger partial charge < -0.3 is 10.3 Å². The van der Waals surface area contributed by atoms with E-state index >= 15 is 0 Å². The van der Waals surface area contributed by atoms with E-state index in [1.54, 1.807) is 0 Å². The Bertz CT molecular complexity index is 561. The second-order valence-electron chi connectivity index (χ2n) is 6.29. The summed E-state index contributed by atoms with van der Waals surface area (Å²) in [6.07, 6.45) is 3.71. The minimum atomic E-state index is 0.0556. The lowest BCUT2D eigenvalue weighted by Gasteiger charge is -2.20. The molecule has 1 aromatic heterocycles. The molecule has 1 aromatic carbocycles. The highest BCUT2D eigenvalue weighted by Crippen LogP contribution is 2.27. The summed E-state index contributed by atoms with van der Waals surface area (Å²) in [5.41, 5.74) is 8.92. The van der Waals surface area contributed by atoms with Crippen LogP contribution in [0, 0.1) is 0 Å². The number of imidazole rings is 1. The van der Waals surface area contributed by atoms with Crippen LogP contribution < -0.4 is 5.73 Å². The fraction of sp³-hybridized carbons (Fsp3) is 0.562. The lowest BCUT2D eigenvalue weighted by atomic mass is 9.95. The largest absolute Gasteiger partial charge is 0.399 e. The molecule has 1 heterocycles. The molecule has 0 aliphatic heterocycles. The molecule has 0 saturated carbocycles. The predicted molar refractivity (Wildman–Crippen MR) is 82.4 cm³/mol. The average Bonchev–Trinajstić information content (AvgIpc) is 2.67. The van der Waals surface area contributed by atoms with Gasteiger partial charge in [0.05, 0.1) is 11.0 Å². The second kappa shape index (κ2) is 5.24. The number of benzene rings is 1. The van der Waals surface area contributed by atoms with Crippen molar-refractivity contribution >= 4 is 16.7 Å². The SMILES string of the molecule is CCCCCn1c(C(C)(C)C)nc2cc(N)ccc21. The molecule has 104 valence electrons. The van der Waals surface area contributed by atoms with Crippen molar-refractivity contribution in [2.45, 2.75) is 58.9 Å². The molecule has 3 heteroatoms. The number of nitrogen functional groups attached to an aromatic ring is 1. The molecule has 0 saturated heterocycles. The average molecular weight is 259 g/mol. The maximum atomic E-state index is 5.86. The van der Waals surface area contributed by atoms with Crippen molar-refractivity contribution in [1.82, 2.24) is 9.55 Å². The molecule has 0 spiro atoms. The number of anilines is 1. The summed E-state index contributed by atoms with van der Waals surface area (Å²) >= 11 is 0. The molecule has 0 atom stereocenters. The third-order valence-electron chi connectivity index (χ3n) is 3.43. The Labute approximate surface area is 115 Å². The number of fused-ring (bicyclic) bond motifs is 1. The maximum Gasteiger partial charge on any atom is 0.115 e. The summed E-state index contributed by atoms with van der Waals surface area (Å²) in [5.74, 6) is 1.16. The Morgan fingerprint density at radius 2 is 1.95 bits per heavy atom. The summed E-state index contributed by atoms with van der Waals surface area (Å²) in [6, 6.07) is 6.03. The van der Waals surface area contributed by atoms with Gasteiger partial charge in [0.2, 0.25) is 0 Å². The number of hydrogen-bond donors (Lipinski definition) is 1. The van der Waals surface area contributed by atoms with Crippen LogP contribution in [0.2, 0.25) is 0 Å². The van der Waals surface area contributed by atoms with E-state index in [0.717, 1.165) is 23.6 Å². The zero-order valence-electron chi connectivity index (χ0n) is 12.5. The predicted octanol–water partition coefficient (Wildman–Crippen LogP) is 4.11. The van der Waals surface area contributed by atoms with Crippen LogP contribution in [-0.2, 0) is 12.0 Å². The van der Waals surface area contributed by atoms with Gasteiger partial charge in [0, 0.05) is 17.6 Å². The van der Waals surface area contributed by atoms with Gasteiger partial charge in [-0.25, -0.2) is 4.98 Å². The van der Waals surface area contributed by atoms with Crippen molar-refractivity contribution in [1.29, 1.82) is 0 Å². The van der Waals surface area contributed by atoms with Gasteiger partial charge >= 0.3 is 0 Å². The normalized spacial score (nSPS) is 12.2. The zero-order valence-corrected chi connectivity index (χ0v) is 12.5. The fourth-order valence-corrected chi connectivity index (χ4v) is 2.47. The van der Waals surface area contributed by atoms with Gasteiger partial charge in [0.1, 0.15) is 5.82 Å². The standard InChI is InChI=1S/C16H25N3/c1-5-6-7-10-19-14-9-8-12(17)11-13(14)18-15(19)16(2,3)4/h8-9,11H,5-7,10,17H2,1-4H3. The Kier molecular flexibility index (Phi) is 3.83. The summed E-state index contributed by atoms with van der Waals surface area (Å²) < 4.78 is 2.37. The molecule has 0 radical (unpaired) electrons. The van der Waals surface area contributed by atoms with Gasteiger partial charge in [-0.1, -0.05) is 40.5 Å². The van der Waals surface area contributed by atoms with Crippen LogP contribution in [0.5, 0.6) is 0 Å². The maximum absolute atomic E-state index is 5.86. The van der Waals surface area contributed by atoms with Gasteiger partial charge in [-0.2, -0.15) is 0 Å². The summed E-state index contributed by atoms with van der Waals surface area (Å²) in [4.78, 5) is 4.81. The third-order valence-corrected chi connectivity index (χ3v) is 3.43. The van der Waals surface area contributed by atoms with E-state index in [1.807, 2.05) is 12.1 Å². The second-order valence-corrected chi connectivity index (χ2v) is 6.29. The van der Waals surface area contributed by atoms with Crippen molar-refractivity contribution in [2.24, 2.45) is 0 Å². The number of nitrogens with two attached hydrogens (primary N) is 1. The van der Waals surface area contributed by atoms with E-state index in [0.29, 0.717) is 0 Å². The number of aromatic nitrogens is 2. The van der Waals surface area contributed by atoms with E-state index in [2.05, 4.69) is 38.3 Å². The molecule has 2 N–H and O–H groups in total. The summed E-state index contributed by atoms with van der Waals surface area (Å²) in [6.45, 7) is 9.92. The Morgan fingerprint density at radius 3 is 2.58 bits per heavy atom. The van der Waals surface area contributed by atoms with Crippen LogP contribution in [0.3, 0.4) is 0 Å². The first-order valence-corrected chi connectivity index (χ1v) is 7.19. The Hall–Kier alpha value is -1.51. The molecule has 2 rings (SSSR count). The van der Waals surface area contributed by atoms with Gasteiger partial charge in [-0.3, -0.25) is 0 Å². The van der Waals surface area contributed by atoms with Crippen LogP contribution >= 0.6 is 0 Å². The molecule has 0 aliphatic rings. The topological polar surface area (TPSA) is 43.8 Å². The van der Waals surface area contributed by atoms with E-state index in [1.165, 1.54) is 24.8 Å². The number of hydrogen-bond acceptors (Lipinski definition) is 2. The minimum absolute atomic E-state index is 0.0556. The van der Waals surface area contributed by atoms with Crippen molar-refractivity contribution < 1.29 is 0 Å². The highest BCUT2D eigenvalue weighted by Gasteiger charge is 2.22. The van der Waals surface area contributed by atoms with Gasteiger partial charge in [0.15, 0.2) is 0 Å². The van der Waals surface area contributed by atoms with Gasteiger partial charge in [-0.15, -0.1) is 0 Å². The summed E-state index contributed by atoms with van der Waals surface area (Å²) in [7, 11) is 0. The molecule has 0 fully saturated rings. The first-order chi connectivity index (χ1) is 8.93. The molecule has 0 bridgehead atoms. The summed E-state index contributed by atoms with van der Waals surface area (Å²) in [5, 5.41) is 0. The minimum Gasteiger partial charge on any atom is -0.399 e. The molecule has 2 aromatic rings. The van der Waals surface area contributed by atoms with Crippen LogP contribution in [0.25, 0.3) is 11.0 Å². The third kappa shape index (κ3) is 2.91. The van der Waals surface area contributed by atoms with Crippen molar-refractivity contribution in [3.8, 4) is 0 Å². The van der Waals surface area contributed by atoms with Crippen LogP contribution in [0.4, 0.5) is 5.69 Å². The number of nitrogens with zero attached hydrogens (tertiary/aromatic N) is 2. The van der Waals surface area contributed by atoms with Gasteiger partial charge in [-0.05, 0) is 24.6 Å². The quantitative estimate of drug-likeness (QED) is 0.663. The molecule has 0 unspecified atom stereocenters. The Morgan fingerprint density at radius 1 is 1.21 bits per heavy atom. The van der Waals surface area contributed by atoms with E-state index in [9.17, 15) is 0 Å². The monoisotopic (exact) mass is 259 g/mol. The van der Waals surface area contributed by atoms with Crippen LogP contribution in [0.15, 0.2) is 18.2 Å². The smallest absolute Gasteiger partial charge is 0.115 e. The van der Waals surface area contributed by atoms with E-state index in [-0.39, 0.29) is 5.41 Å². The first kappa shape index (κ1) is 13.9. The van der Waals surface area contributed by atoms with Crippen molar-refractivity contribution in [3.05, 3.63) is 24.0 Å². The molecule has 0 amide bonds. The lowest BCUT2D eigenvalue weighted by Crippen LogP contribution is -2.19. The molecular formula is C16H25N3.